The van der Waals surface area contributed by atoms with Crippen LogP contribution < -0.4 is 4.90 Å². The molecule has 17 heavy (non-hydrogen) atoms. The van der Waals surface area contributed by atoms with Crippen LogP contribution >= 0.6 is 0 Å². The maximum atomic E-state index is 8.57. The summed E-state index contributed by atoms with van der Waals surface area (Å²) in [7, 11) is 1.78. The second kappa shape index (κ2) is 5.03. The van der Waals surface area contributed by atoms with Crippen LogP contribution in [0.5, 0.6) is 0 Å². The molecular formula is C12H11N5. The third-order valence-corrected chi connectivity index (χ3v) is 2.25. The van der Waals surface area contributed by atoms with Crippen LogP contribution in [0.2, 0.25) is 0 Å². The van der Waals surface area contributed by atoms with E-state index in [0.717, 1.165) is 11.3 Å². The first-order valence-electron chi connectivity index (χ1n) is 5.13. The first kappa shape index (κ1) is 11.0. The molecule has 0 atom stereocenters. The van der Waals surface area contributed by atoms with Crippen LogP contribution in [-0.2, 0) is 0 Å². The molecule has 0 saturated heterocycles. The van der Waals surface area contributed by atoms with Gasteiger partial charge in [-0.05, 0) is 12.1 Å². The SMILES string of the molecule is CN(CC#N)c1ncc(-c2ccccn2)cn1. The first-order valence-corrected chi connectivity index (χ1v) is 5.13. The van der Waals surface area contributed by atoms with Gasteiger partial charge in [-0.3, -0.25) is 4.98 Å². The highest BCUT2D eigenvalue weighted by atomic mass is 15.2. The van der Waals surface area contributed by atoms with Gasteiger partial charge in [0, 0.05) is 31.2 Å². The molecule has 0 amide bonds. The van der Waals surface area contributed by atoms with Crippen molar-refractivity contribution in [2.75, 3.05) is 18.5 Å². The van der Waals surface area contributed by atoms with Gasteiger partial charge in [0.05, 0.1) is 11.8 Å². The monoisotopic (exact) mass is 225 g/mol. The maximum Gasteiger partial charge on any atom is 0.225 e. The minimum atomic E-state index is 0.267. The summed E-state index contributed by atoms with van der Waals surface area (Å²) in [5, 5.41) is 8.57. The summed E-state index contributed by atoms with van der Waals surface area (Å²) in [5.74, 6) is 0.534. The number of pyridine rings is 1. The predicted molar refractivity (Wildman–Crippen MR) is 64.1 cm³/mol. The minimum Gasteiger partial charge on any atom is -0.331 e. The van der Waals surface area contributed by atoms with Crippen LogP contribution in [0.4, 0.5) is 5.95 Å². The van der Waals surface area contributed by atoms with Crippen molar-refractivity contribution in [1.29, 1.82) is 5.26 Å². The molecule has 0 aromatic carbocycles. The quantitative estimate of drug-likeness (QED) is 0.740. The smallest absolute Gasteiger partial charge is 0.225 e. The Morgan fingerprint density at radius 1 is 1.24 bits per heavy atom. The first-order chi connectivity index (χ1) is 8.31. The lowest BCUT2D eigenvalue weighted by Crippen LogP contribution is -2.19. The molecule has 0 unspecified atom stereocenters. The second-order valence-corrected chi connectivity index (χ2v) is 3.50. The van der Waals surface area contributed by atoms with E-state index < -0.39 is 0 Å². The third-order valence-electron chi connectivity index (χ3n) is 2.25. The lowest BCUT2D eigenvalue weighted by molar-refractivity contribution is 0.946. The van der Waals surface area contributed by atoms with E-state index >= 15 is 0 Å². The number of hydrogen-bond donors (Lipinski definition) is 0. The summed E-state index contributed by atoms with van der Waals surface area (Å²) in [5.41, 5.74) is 1.70. The van der Waals surface area contributed by atoms with E-state index in [2.05, 4.69) is 15.0 Å². The zero-order chi connectivity index (χ0) is 12.1. The molecule has 84 valence electrons. The van der Waals surface area contributed by atoms with Crippen molar-refractivity contribution >= 4 is 5.95 Å². The number of rotatable bonds is 3. The van der Waals surface area contributed by atoms with E-state index in [1.807, 2.05) is 24.3 Å². The molecule has 2 heterocycles. The molecule has 0 bridgehead atoms. The van der Waals surface area contributed by atoms with E-state index in [0.29, 0.717) is 5.95 Å². The fourth-order valence-electron chi connectivity index (χ4n) is 1.36. The molecule has 0 saturated carbocycles. The van der Waals surface area contributed by atoms with Crippen molar-refractivity contribution < 1.29 is 0 Å². The van der Waals surface area contributed by atoms with E-state index in [4.69, 9.17) is 5.26 Å². The highest BCUT2D eigenvalue weighted by Crippen LogP contribution is 2.15. The largest absolute Gasteiger partial charge is 0.331 e. The summed E-state index contributed by atoms with van der Waals surface area (Å²) in [6.07, 6.45) is 5.14. The topological polar surface area (TPSA) is 65.7 Å². The molecule has 5 heteroatoms. The Kier molecular flexibility index (Phi) is 3.26. The van der Waals surface area contributed by atoms with Gasteiger partial charge in [0.15, 0.2) is 0 Å². The number of anilines is 1. The zero-order valence-electron chi connectivity index (χ0n) is 9.41. The average Bonchev–Trinajstić information content (AvgIpc) is 2.40. The van der Waals surface area contributed by atoms with Crippen LogP contribution in [-0.4, -0.2) is 28.5 Å². The lowest BCUT2D eigenvalue weighted by Gasteiger charge is -2.12. The second-order valence-electron chi connectivity index (χ2n) is 3.50. The molecule has 0 aliphatic heterocycles. The van der Waals surface area contributed by atoms with Crippen LogP contribution in [0.1, 0.15) is 0 Å². The Labute approximate surface area is 99.4 Å². The summed E-state index contributed by atoms with van der Waals surface area (Å²) < 4.78 is 0. The standard InChI is InChI=1S/C12H11N5/c1-17(7-5-13)12-15-8-10(9-16-12)11-4-2-3-6-14-11/h2-4,6,8-9H,7H2,1H3. The fourth-order valence-corrected chi connectivity index (χ4v) is 1.36. The van der Waals surface area contributed by atoms with Crippen LogP contribution in [0.15, 0.2) is 36.8 Å². The van der Waals surface area contributed by atoms with Crippen LogP contribution in [0, 0.1) is 11.3 Å². The third kappa shape index (κ3) is 2.55. The summed E-state index contributed by atoms with van der Waals surface area (Å²) in [4.78, 5) is 14.3. The Bertz CT molecular complexity index is 515. The van der Waals surface area contributed by atoms with Gasteiger partial charge in [0.25, 0.3) is 0 Å². The number of aromatic nitrogens is 3. The van der Waals surface area contributed by atoms with Crippen molar-refractivity contribution in [2.45, 2.75) is 0 Å². The van der Waals surface area contributed by atoms with E-state index in [-0.39, 0.29) is 6.54 Å². The molecule has 5 nitrogen and oxygen atoms in total. The normalized spacial score (nSPS) is 9.65. The highest BCUT2D eigenvalue weighted by molar-refractivity contribution is 5.57. The zero-order valence-corrected chi connectivity index (χ0v) is 9.41. The highest BCUT2D eigenvalue weighted by Gasteiger charge is 2.04. The Balaban J connectivity index is 2.22. The van der Waals surface area contributed by atoms with Gasteiger partial charge in [-0.1, -0.05) is 6.07 Å². The van der Waals surface area contributed by atoms with Crippen LogP contribution in [0.3, 0.4) is 0 Å². The summed E-state index contributed by atoms with van der Waals surface area (Å²) in [6.45, 7) is 0.267. The molecule has 2 aromatic rings. The Hall–Kier alpha value is -2.48. The van der Waals surface area contributed by atoms with Gasteiger partial charge >= 0.3 is 0 Å². The average molecular weight is 225 g/mol. The maximum absolute atomic E-state index is 8.57. The molecule has 0 radical (unpaired) electrons. The van der Waals surface area contributed by atoms with Gasteiger partial charge < -0.3 is 4.90 Å². The fraction of sp³-hybridized carbons (Fsp3) is 0.167. The van der Waals surface area contributed by atoms with Crippen LogP contribution in [0.25, 0.3) is 11.3 Å². The van der Waals surface area contributed by atoms with Gasteiger partial charge in [0.1, 0.15) is 6.54 Å². The molecule has 0 aliphatic rings. The molecule has 0 fully saturated rings. The number of nitriles is 1. The molecule has 0 N–H and O–H groups in total. The molecular weight excluding hydrogens is 214 g/mol. The predicted octanol–water partition coefficient (Wildman–Crippen LogP) is 1.50. The Morgan fingerprint density at radius 2 is 2.00 bits per heavy atom. The van der Waals surface area contributed by atoms with E-state index in [9.17, 15) is 0 Å². The summed E-state index contributed by atoms with van der Waals surface area (Å²) in [6, 6.07) is 7.72. The van der Waals surface area contributed by atoms with E-state index in [1.54, 1.807) is 30.5 Å². The van der Waals surface area contributed by atoms with Crippen molar-refractivity contribution in [3.63, 3.8) is 0 Å². The number of nitrogens with zero attached hydrogens (tertiary/aromatic N) is 5. The number of hydrogen-bond acceptors (Lipinski definition) is 5. The minimum absolute atomic E-state index is 0.267. The van der Waals surface area contributed by atoms with Crippen molar-refractivity contribution in [2.24, 2.45) is 0 Å². The molecule has 2 rings (SSSR count). The van der Waals surface area contributed by atoms with Crippen molar-refractivity contribution in [3.8, 4) is 17.3 Å². The van der Waals surface area contributed by atoms with Gasteiger partial charge in [0.2, 0.25) is 5.95 Å². The van der Waals surface area contributed by atoms with Crippen molar-refractivity contribution in [3.05, 3.63) is 36.8 Å². The van der Waals surface area contributed by atoms with Gasteiger partial charge in [-0.15, -0.1) is 0 Å². The van der Waals surface area contributed by atoms with Gasteiger partial charge in [-0.2, -0.15) is 5.26 Å². The summed E-state index contributed by atoms with van der Waals surface area (Å²) >= 11 is 0. The van der Waals surface area contributed by atoms with Crippen molar-refractivity contribution in [1.82, 2.24) is 15.0 Å². The molecule has 2 aromatic heterocycles. The lowest BCUT2D eigenvalue weighted by atomic mass is 10.2. The Morgan fingerprint density at radius 3 is 2.59 bits per heavy atom. The van der Waals surface area contributed by atoms with E-state index in [1.165, 1.54) is 0 Å². The van der Waals surface area contributed by atoms with Gasteiger partial charge in [-0.25, -0.2) is 9.97 Å². The molecule has 0 aliphatic carbocycles. The molecule has 0 spiro atoms.